The molecule has 10 nitrogen and oxygen atoms in total. The van der Waals surface area contributed by atoms with E-state index in [1.807, 2.05) is 0 Å². The quantitative estimate of drug-likeness (QED) is 0.441. The van der Waals surface area contributed by atoms with E-state index in [1.165, 1.54) is 7.11 Å². The van der Waals surface area contributed by atoms with Crippen LogP contribution in [0.1, 0.15) is 55.6 Å². The fraction of sp³-hybridized carbons (Fsp3) is 0.435. The topological polar surface area (TPSA) is 123 Å². The van der Waals surface area contributed by atoms with E-state index in [1.54, 1.807) is 58.9 Å². The molecule has 1 aromatic carbocycles. The minimum absolute atomic E-state index is 0.0215. The van der Waals surface area contributed by atoms with Crippen molar-refractivity contribution in [1.82, 2.24) is 4.57 Å². The third kappa shape index (κ3) is 6.18. The lowest BCUT2D eigenvalue weighted by atomic mass is 10.2. The van der Waals surface area contributed by atoms with Crippen molar-refractivity contribution in [1.29, 1.82) is 0 Å². The van der Waals surface area contributed by atoms with Crippen LogP contribution >= 0.6 is 0 Å². The molecule has 0 unspecified atom stereocenters. The molecule has 2 aromatic rings. The highest BCUT2D eigenvalue weighted by molar-refractivity contribution is 6.00. The number of esters is 3. The fourth-order valence-corrected chi connectivity index (χ4v) is 2.94. The Morgan fingerprint density at radius 1 is 0.939 bits per heavy atom. The van der Waals surface area contributed by atoms with E-state index in [9.17, 15) is 19.5 Å². The zero-order valence-electron chi connectivity index (χ0n) is 19.6. The number of hydrogen-bond donors (Lipinski definition) is 1. The van der Waals surface area contributed by atoms with Crippen molar-refractivity contribution >= 4 is 17.9 Å². The largest absolute Gasteiger partial charge is 0.503 e. The van der Waals surface area contributed by atoms with Crippen LogP contribution in [-0.4, -0.2) is 60.1 Å². The summed E-state index contributed by atoms with van der Waals surface area (Å²) < 4.78 is 27.2. The van der Waals surface area contributed by atoms with Crippen LogP contribution in [-0.2, 0) is 19.0 Å². The second-order valence-corrected chi connectivity index (χ2v) is 7.72. The van der Waals surface area contributed by atoms with Gasteiger partial charge in [-0.15, -0.1) is 0 Å². The molecule has 1 aromatic heterocycles. The Morgan fingerprint density at radius 3 is 1.97 bits per heavy atom. The van der Waals surface area contributed by atoms with Gasteiger partial charge in [-0.25, -0.2) is 14.4 Å². The molecule has 1 heterocycles. The first kappa shape index (κ1) is 25.6. The van der Waals surface area contributed by atoms with Crippen LogP contribution in [0.15, 0.2) is 24.3 Å². The Kier molecular flexibility index (Phi) is 8.33. The summed E-state index contributed by atoms with van der Waals surface area (Å²) in [5, 5.41) is 10.9. The van der Waals surface area contributed by atoms with Gasteiger partial charge in [0.15, 0.2) is 29.5 Å². The van der Waals surface area contributed by atoms with Crippen LogP contribution in [0.4, 0.5) is 0 Å². The van der Waals surface area contributed by atoms with Gasteiger partial charge in [0.05, 0.1) is 20.3 Å². The highest BCUT2D eigenvalue weighted by atomic mass is 16.6. The third-order valence-electron chi connectivity index (χ3n) is 4.12. The molecule has 0 aliphatic heterocycles. The molecule has 0 spiro atoms. The minimum Gasteiger partial charge on any atom is -0.503 e. The molecule has 0 amide bonds. The van der Waals surface area contributed by atoms with Gasteiger partial charge in [0.1, 0.15) is 11.4 Å². The van der Waals surface area contributed by atoms with Crippen LogP contribution in [0, 0.1) is 0 Å². The summed E-state index contributed by atoms with van der Waals surface area (Å²) in [6, 6.07) is 6.36. The highest BCUT2D eigenvalue weighted by Crippen LogP contribution is 2.40. The highest BCUT2D eigenvalue weighted by Gasteiger charge is 2.35. The monoisotopic (exact) mass is 463 g/mol. The number of aromatic hydroxyl groups is 1. The summed E-state index contributed by atoms with van der Waals surface area (Å²) in [4.78, 5) is 37.8. The van der Waals surface area contributed by atoms with Crippen molar-refractivity contribution in [2.24, 2.45) is 0 Å². The van der Waals surface area contributed by atoms with Gasteiger partial charge in [-0.3, -0.25) is 4.57 Å². The number of carbonyl (C=O) groups excluding carboxylic acids is 3. The predicted octanol–water partition coefficient (Wildman–Crippen LogP) is 3.27. The molecule has 0 radical (unpaired) electrons. The molecule has 2 rings (SSSR count). The van der Waals surface area contributed by atoms with Crippen molar-refractivity contribution < 1.29 is 43.2 Å². The molecule has 10 heteroatoms. The van der Waals surface area contributed by atoms with Gasteiger partial charge in [0.2, 0.25) is 0 Å². The summed E-state index contributed by atoms with van der Waals surface area (Å²) >= 11 is 0. The van der Waals surface area contributed by atoms with Gasteiger partial charge in [0.25, 0.3) is 0 Å². The zero-order chi connectivity index (χ0) is 24.8. The van der Waals surface area contributed by atoms with Crippen molar-refractivity contribution in [2.45, 2.75) is 40.2 Å². The predicted molar refractivity (Wildman–Crippen MR) is 117 cm³/mol. The number of ether oxygens (including phenoxy) is 5. The number of nitrogens with zero attached hydrogens (tertiary/aromatic N) is 1. The number of benzene rings is 1. The van der Waals surface area contributed by atoms with E-state index in [4.69, 9.17) is 23.7 Å². The molecular formula is C23H29NO9. The van der Waals surface area contributed by atoms with Gasteiger partial charge in [0, 0.05) is 5.69 Å². The molecule has 0 saturated heterocycles. The van der Waals surface area contributed by atoms with Crippen molar-refractivity contribution in [3.63, 3.8) is 0 Å². The molecule has 0 bridgehead atoms. The summed E-state index contributed by atoms with van der Waals surface area (Å²) in [6.45, 7) is 7.69. The number of aromatic nitrogens is 1. The first-order valence-electron chi connectivity index (χ1n) is 10.3. The van der Waals surface area contributed by atoms with E-state index in [-0.39, 0.29) is 24.6 Å². The van der Waals surface area contributed by atoms with Crippen LogP contribution in [0.2, 0.25) is 0 Å². The maximum absolute atomic E-state index is 12.9. The molecule has 0 saturated carbocycles. The van der Waals surface area contributed by atoms with E-state index in [0.29, 0.717) is 11.4 Å². The smallest absolute Gasteiger partial charge is 0.359 e. The molecule has 0 aliphatic rings. The second-order valence-electron chi connectivity index (χ2n) is 7.72. The van der Waals surface area contributed by atoms with E-state index in [0.717, 1.165) is 4.57 Å². The maximum atomic E-state index is 12.9. The summed E-state index contributed by atoms with van der Waals surface area (Å²) in [7, 11) is 1.49. The molecule has 1 N–H and O–H groups in total. The summed E-state index contributed by atoms with van der Waals surface area (Å²) in [6.07, 6.45) is 0. The molecule has 0 fully saturated rings. The Bertz CT molecular complexity index is 1000. The Hall–Kier alpha value is -3.69. The van der Waals surface area contributed by atoms with Crippen LogP contribution in [0.5, 0.6) is 17.2 Å². The lowest BCUT2D eigenvalue weighted by Gasteiger charge is -2.19. The Labute approximate surface area is 191 Å². The zero-order valence-corrected chi connectivity index (χ0v) is 19.6. The van der Waals surface area contributed by atoms with Gasteiger partial charge in [-0.1, -0.05) is 0 Å². The number of carbonyl (C=O) groups is 3. The van der Waals surface area contributed by atoms with Crippen LogP contribution in [0.3, 0.4) is 0 Å². The second kappa shape index (κ2) is 10.8. The first-order valence-corrected chi connectivity index (χ1v) is 10.3. The van der Waals surface area contributed by atoms with Crippen molar-refractivity contribution in [2.75, 3.05) is 26.9 Å². The molecule has 0 atom stereocenters. The number of rotatable bonds is 9. The molecule has 33 heavy (non-hydrogen) atoms. The van der Waals surface area contributed by atoms with Gasteiger partial charge in [-0.2, -0.15) is 0 Å². The number of hydrogen-bond acceptors (Lipinski definition) is 9. The van der Waals surface area contributed by atoms with Crippen molar-refractivity contribution in [3.8, 4) is 22.9 Å². The van der Waals surface area contributed by atoms with E-state index >= 15 is 0 Å². The van der Waals surface area contributed by atoms with Crippen LogP contribution < -0.4 is 9.47 Å². The van der Waals surface area contributed by atoms with Gasteiger partial charge in [-0.05, 0) is 58.9 Å². The van der Waals surface area contributed by atoms with Crippen molar-refractivity contribution in [3.05, 3.63) is 35.7 Å². The molecule has 0 aliphatic carbocycles. The van der Waals surface area contributed by atoms with Gasteiger partial charge >= 0.3 is 17.9 Å². The standard InChI is InChI=1S/C23H29NO9/c1-7-30-21(27)17-19(26)20(32-13-16(25)33-23(3,4)5)18(22(28)31-8-2)24(17)14-9-11-15(29-6)12-10-14/h9-12,26H,7-8,13H2,1-6H3. The van der Waals surface area contributed by atoms with E-state index < -0.39 is 41.6 Å². The lowest BCUT2D eigenvalue weighted by Crippen LogP contribution is -2.27. The Balaban J connectivity index is 2.67. The van der Waals surface area contributed by atoms with Gasteiger partial charge < -0.3 is 28.8 Å². The van der Waals surface area contributed by atoms with E-state index in [2.05, 4.69) is 0 Å². The first-order chi connectivity index (χ1) is 15.5. The average molecular weight is 463 g/mol. The summed E-state index contributed by atoms with van der Waals surface area (Å²) in [5.41, 5.74) is -1.09. The minimum atomic E-state index is -0.900. The molecular weight excluding hydrogens is 434 g/mol. The molecule has 180 valence electrons. The third-order valence-corrected chi connectivity index (χ3v) is 4.12. The average Bonchev–Trinajstić information content (AvgIpc) is 3.03. The lowest BCUT2D eigenvalue weighted by molar-refractivity contribution is -0.157. The SMILES string of the molecule is CCOC(=O)c1c(O)c(OCC(=O)OC(C)(C)C)c(C(=O)OCC)n1-c1ccc(OC)cc1. The normalized spacial score (nSPS) is 11.0. The fourth-order valence-electron chi connectivity index (χ4n) is 2.94. The van der Waals surface area contributed by atoms with Crippen LogP contribution in [0.25, 0.3) is 5.69 Å². The Morgan fingerprint density at radius 2 is 1.48 bits per heavy atom. The maximum Gasteiger partial charge on any atom is 0.359 e. The summed E-state index contributed by atoms with van der Waals surface area (Å²) in [5.74, 6) is -3.05. The number of methoxy groups -OCH3 is 1.